The van der Waals surface area contributed by atoms with Crippen LogP contribution in [-0.4, -0.2) is 122 Å². The van der Waals surface area contributed by atoms with Crippen LogP contribution < -0.4 is 26.6 Å². The Bertz CT molecular complexity index is 2750. The van der Waals surface area contributed by atoms with Gasteiger partial charge in [0, 0.05) is 72.6 Å². The van der Waals surface area contributed by atoms with Crippen LogP contribution in [0.5, 0.6) is 0 Å². The minimum absolute atomic E-state index is 0.00535. The molecule has 0 spiro atoms. The lowest BCUT2D eigenvalue weighted by molar-refractivity contribution is -0.129. The molecule has 5 aromatic rings. The monoisotopic (exact) mass is 1020 g/mol. The van der Waals surface area contributed by atoms with E-state index in [2.05, 4.69) is 41.9 Å². The third kappa shape index (κ3) is 14.5. The number of ketones is 1. The fraction of sp³-hybridized carbons (Fsp3) is 0.462. The number of amides is 5. The summed E-state index contributed by atoms with van der Waals surface area (Å²) in [6.07, 6.45) is 7.24. The maximum Gasteiger partial charge on any atom is 0.315 e. The number of carbonyl (C=O) groups excluding carboxylic acids is 5. The van der Waals surface area contributed by atoms with Crippen molar-refractivity contribution in [3.8, 4) is 0 Å². The number of benzene rings is 3. The van der Waals surface area contributed by atoms with E-state index in [4.69, 9.17) is 0 Å². The fourth-order valence-electron chi connectivity index (χ4n) is 8.97. The molecule has 4 heterocycles. The van der Waals surface area contributed by atoms with E-state index in [0.29, 0.717) is 65.2 Å². The van der Waals surface area contributed by atoms with E-state index in [-0.39, 0.29) is 79.0 Å². The number of sulfonamides is 1. The Morgan fingerprint density at radius 3 is 2.36 bits per heavy atom. The first-order chi connectivity index (χ1) is 34.7. The molecule has 6 atom stereocenters. The number of para-hydroxylation sites is 1. The van der Waals surface area contributed by atoms with Gasteiger partial charge in [0.1, 0.15) is 16.6 Å². The number of carbonyl (C=O) groups is 5. The largest absolute Gasteiger partial charge is 0.390 e. The average Bonchev–Trinajstić information content (AvgIpc) is 4.11. The maximum absolute atomic E-state index is 14.1. The van der Waals surface area contributed by atoms with E-state index in [9.17, 15) is 37.5 Å². The van der Waals surface area contributed by atoms with Crippen LogP contribution in [0.1, 0.15) is 105 Å². The predicted octanol–water partition coefficient (Wildman–Crippen LogP) is 5.07. The summed E-state index contributed by atoms with van der Waals surface area (Å²) in [5, 5.41) is 35.6. The highest BCUT2D eigenvalue weighted by atomic mass is 32.2. The molecule has 2 aromatic heterocycles. The van der Waals surface area contributed by atoms with Crippen molar-refractivity contribution in [2.45, 2.75) is 126 Å². The summed E-state index contributed by atoms with van der Waals surface area (Å²) in [7, 11) is -4.07. The lowest BCUT2D eigenvalue weighted by Crippen LogP contribution is -2.47. The van der Waals surface area contributed by atoms with E-state index in [1.54, 1.807) is 92.1 Å². The summed E-state index contributed by atoms with van der Waals surface area (Å²) < 4.78 is 30.9. The second kappa shape index (κ2) is 25.4. The number of thioether (sulfide) groups is 1. The smallest absolute Gasteiger partial charge is 0.315 e. The quantitative estimate of drug-likeness (QED) is 0.0229. The van der Waals surface area contributed by atoms with Gasteiger partial charge in [-0.2, -0.15) is 16.1 Å². The topological polar surface area (TPSA) is 247 Å². The molecule has 0 radical (unpaired) electrons. The second-order valence-electron chi connectivity index (χ2n) is 19.0. The molecule has 20 heteroatoms. The van der Waals surface area contributed by atoms with Crippen molar-refractivity contribution in [1.82, 2.24) is 50.9 Å². The molecule has 2 aliphatic heterocycles. The molecule has 384 valence electrons. The minimum Gasteiger partial charge on any atom is -0.390 e. The zero-order valence-electron chi connectivity index (χ0n) is 41.0. The highest BCUT2D eigenvalue weighted by Gasteiger charge is 2.42. The zero-order chi connectivity index (χ0) is 51.2. The Morgan fingerprint density at radius 1 is 0.847 bits per heavy atom. The molecule has 3 aromatic carbocycles. The Labute approximate surface area is 425 Å². The van der Waals surface area contributed by atoms with E-state index in [1.165, 1.54) is 15.1 Å². The van der Waals surface area contributed by atoms with Gasteiger partial charge < -0.3 is 31.7 Å². The Balaban J connectivity index is 0.900. The lowest BCUT2D eigenvalue weighted by atomic mass is 9.99. The summed E-state index contributed by atoms with van der Waals surface area (Å²) >= 11 is 1.87. The number of urea groups is 1. The van der Waals surface area contributed by atoms with Crippen LogP contribution in [0.4, 0.5) is 4.79 Å². The molecule has 0 aliphatic carbocycles. The van der Waals surface area contributed by atoms with Crippen LogP contribution in [0.15, 0.2) is 102 Å². The molecule has 1 unspecified atom stereocenters. The number of hydrogen-bond acceptors (Lipinski definition) is 12. The van der Waals surface area contributed by atoms with Crippen LogP contribution in [0, 0.1) is 5.92 Å². The van der Waals surface area contributed by atoms with Gasteiger partial charge in [0.2, 0.25) is 27.7 Å². The summed E-state index contributed by atoms with van der Waals surface area (Å²) in [6.45, 7) is 5.88. The summed E-state index contributed by atoms with van der Waals surface area (Å²) in [5.74, 6) is -0.0578. The summed E-state index contributed by atoms with van der Waals surface area (Å²) in [5.41, 5.74) is 2.48. The van der Waals surface area contributed by atoms with Gasteiger partial charge in [-0.25, -0.2) is 17.9 Å². The number of unbranched alkanes of at least 4 members (excludes halogenated alkanes) is 3. The van der Waals surface area contributed by atoms with Crippen LogP contribution in [-0.2, 0) is 37.4 Å². The summed E-state index contributed by atoms with van der Waals surface area (Å²) in [6, 6.07) is 22.9. The van der Waals surface area contributed by atoms with Crippen molar-refractivity contribution < 1.29 is 37.5 Å². The molecule has 2 aliphatic rings. The van der Waals surface area contributed by atoms with E-state index in [0.717, 1.165) is 30.6 Å². The molecular weight excluding hydrogens is 957 g/mol. The number of nitrogens with zero attached hydrogens (tertiary/aromatic N) is 5. The zero-order valence-corrected chi connectivity index (χ0v) is 42.7. The third-order valence-corrected chi connectivity index (χ3v) is 16.3. The van der Waals surface area contributed by atoms with Crippen molar-refractivity contribution >= 4 is 62.2 Å². The standard InChI is InChI=1S/C52H66N10O8S2/c1-34(2)30-61(72(69,70)45-19-12-16-37-17-13-27-54-48(37)45)32-43(63)35(3)62-31-40(59-60-62)29-55-51(67)41(28-36-22-24-39(25-23-36)50(66)38-14-6-4-7-15-38)56-47(65)21-8-5-11-26-53-46(64)20-10-9-18-44-49-42(33-71-44)57-52(68)58-49/h4,6-7,12-17,19,22-25,27,31,34-35,41-44,49,63H,5,8-11,18,20-21,26,28-30,32-33H2,1-3H3,(H,53,64)(H,55,67)(H,56,65)(H2,57,58,68)/t35-,41-,42-,43?,44-,49-/m0/s1. The minimum atomic E-state index is -4.07. The average molecular weight is 1020 g/mol. The Kier molecular flexibility index (Phi) is 18.9. The van der Waals surface area contributed by atoms with Crippen LogP contribution in [0.25, 0.3) is 10.9 Å². The van der Waals surface area contributed by atoms with E-state index in [1.807, 2.05) is 31.7 Å². The van der Waals surface area contributed by atoms with Crippen molar-refractivity contribution in [3.63, 3.8) is 0 Å². The van der Waals surface area contributed by atoms with Gasteiger partial charge >= 0.3 is 6.03 Å². The normalized spacial score (nSPS) is 17.8. The number of nitrogens with one attached hydrogen (secondary N) is 5. The van der Waals surface area contributed by atoms with Gasteiger partial charge in [0.15, 0.2) is 5.78 Å². The van der Waals surface area contributed by atoms with Crippen molar-refractivity contribution in [3.05, 3.63) is 120 Å². The van der Waals surface area contributed by atoms with Gasteiger partial charge in [-0.3, -0.25) is 24.2 Å². The second-order valence-corrected chi connectivity index (χ2v) is 22.2. The first-order valence-electron chi connectivity index (χ1n) is 24.8. The number of fused-ring (bicyclic) bond motifs is 2. The lowest BCUT2D eigenvalue weighted by Gasteiger charge is -2.28. The van der Waals surface area contributed by atoms with E-state index >= 15 is 0 Å². The van der Waals surface area contributed by atoms with Crippen LogP contribution in [0.2, 0.25) is 0 Å². The molecule has 7 rings (SSSR count). The van der Waals surface area contributed by atoms with Gasteiger partial charge in [0.25, 0.3) is 0 Å². The molecule has 6 N–H and O–H groups in total. The molecule has 72 heavy (non-hydrogen) atoms. The predicted molar refractivity (Wildman–Crippen MR) is 275 cm³/mol. The first kappa shape index (κ1) is 53.6. The molecule has 2 saturated heterocycles. The molecule has 0 saturated carbocycles. The van der Waals surface area contributed by atoms with Crippen LogP contribution >= 0.6 is 11.8 Å². The fourth-order valence-corrected chi connectivity index (χ4v) is 12.3. The molecule has 2 fully saturated rings. The third-order valence-electron chi connectivity index (χ3n) is 13.0. The van der Waals surface area contributed by atoms with Gasteiger partial charge in [-0.15, -0.1) is 5.10 Å². The first-order valence-corrected chi connectivity index (χ1v) is 27.3. The van der Waals surface area contributed by atoms with Gasteiger partial charge in [0.05, 0.1) is 42.5 Å². The molecular formula is C52H66N10O8S2. The Hall–Kier alpha value is -6.22. The highest BCUT2D eigenvalue weighted by molar-refractivity contribution is 8.00. The van der Waals surface area contributed by atoms with Crippen molar-refractivity contribution in [2.24, 2.45) is 5.92 Å². The van der Waals surface area contributed by atoms with Crippen molar-refractivity contribution in [1.29, 1.82) is 0 Å². The number of pyridine rings is 1. The van der Waals surface area contributed by atoms with Crippen LogP contribution in [0.3, 0.4) is 0 Å². The molecule has 5 amide bonds. The SMILES string of the molecule is CC(C)CN(CC(O)[C@H](C)n1cc(CNC(=O)[C@H](Cc2ccc(C(=O)c3ccccc3)cc2)NC(=O)CCCCCNC(=O)CCCC[C@@H]2SC[C@@H]3NC(=O)N[C@@H]32)nn1)S(=O)(=O)c1cccc2cccnc12. The van der Waals surface area contributed by atoms with Gasteiger partial charge in [-0.1, -0.05) is 105 Å². The van der Waals surface area contributed by atoms with Gasteiger partial charge in [-0.05, 0) is 56.2 Å². The maximum atomic E-state index is 14.1. The number of aromatic nitrogens is 4. The Morgan fingerprint density at radius 2 is 1.58 bits per heavy atom. The molecule has 0 bridgehead atoms. The molecule has 18 nitrogen and oxygen atoms in total. The number of hydrogen-bond donors (Lipinski definition) is 6. The highest BCUT2D eigenvalue weighted by Crippen LogP contribution is 2.33. The number of aliphatic hydroxyl groups excluding tert-OH is 1. The van der Waals surface area contributed by atoms with E-state index < -0.39 is 34.1 Å². The number of rotatable bonds is 27. The number of aliphatic hydroxyl groups is 1. The van der Waals surface area contributed by atoms with Crippen molar-refractivity contribution in [2.75, 3.05) is 25.4 Å². The summed E-state index contributed by atoms with van der Waals surface area (Å²) in [4.78, 5) is 68.8.